The molecule has 1 aliphatic carbocycles. The van der Waals surface area contributed by atoms with E-state index in [1.165, 1.54) is 61.2 Å². The zero-order valence-electron chi connectivity index (χ0n) is 40.2. The monoisotopic (exact) mass is 868 g/mol. The van der Waals surface area contributed by atoms with Gasteiger partial charge in [-0.2, -0.15) is 0 Å². The average molecular weight is 869 g/mol. The van der Waals surface area contributed by atoms with Crippen LogP contribution in [0.5, 0.6) is 0 Å². The number of rotatable bonds is 9. The first kappa shape index (κ1) is 43.5. The van der Waals surface area contributed by atoms with Crippen LogP contribution in [-0.2, 0) is 16.2 Å². The van der Waals surface area contributed by atoms with Gasteiger partial charge in [-0.1, -0.05) is 207 Å². The first-order chi connectivity index (χ1) is 32.3. The zero-order valence-corrected chi connectivity index (χ0v) is 40.2. The lowest BCUT2D eigenvalue weighted by molar-refractivity contribution is 0.545. The summed E-state index contributed by atoms with van der Waals surface area (Å²) in [5.41, 5.74) is 21.7. The predicted molar refractivity (Wildman–Crippen MR) is 287 cm³/mol. The Hall–Kier alpha value is -7.42. The summed E-state index contributed by atoms with van der Waals surface area (Å²) in [7, 11) is 0. The lowest BCUT2D eigenvalue weighted by atomic mass is 9.71. The molecule has 0 unspecified atom stereocenters. The minimum Gasteiger partial charge on any atom is -0.310 e. The fraction of sp³-hybridized carbons (Fsp3) is 0.169. The number of benzene rings is 9. The van der Waals surface area contributed by atoms with Gasteiger partial charge in [0.25, 0.3) is 0 Å². The van der Waals surface area contributed by atoms with Gasteiger partial charge in [-0.25, -0.2) is 0 Å². The van der Waals surface area contributed by atoms with E-state index in [2.05, 4.69) is 284 Å². The summed E-state index contributed by atoms with van der Waals surface area (Å²) >= 11 is 0. The van der Waals surface area contributed by atoms with Crippen molar-refractivity contribution in [2.24, 2.45) is 0 Å². The third-order valence-corrected chi connectivity index (χ3v) is 13.7. The van der Waals surface area contributed by atoms with Crippen molar-refractivity contribution in [3.05, 3.63) is 241 Å². The fourth-order valence-electron chi connectivity index (χ4n) is 10.2. The Balaban J connectivity index is 1.25. The quantitative estimate of drug-likeness (QED) is 0.143. The normalized spacial score (nSPS) is 12.9. The van der Waals surface area contributed by atoms with Crippen molar-refractivity contribution >= 4 is 34.1 Å². The van der Waals surface area contributed by atoms with Gasteiger partial charge in [0.2, 0.25) is 0 Å². The van der Waals surface area contributed by atoms with E-state index in [0.29, 0.717) is 0 Å². The van der Waals surface area contributed by atoms with Crippen molar-refractivity contribution < 1.29 is 0 Å². The SMILES string of the molecule is CC(C)(C)c1cc2c(c(C(C)(C)C)c1)C(C)(C)c1cccc(-c3cc(N(c4ccccc4)c4ccc(-c5ccccc5)cc4)cc(N(c4ccccc4)c4ccc(-c5ccccc5)cc4)c3)c1-2. The molecule has 9 aromatic rings. The molecule has 2 heteroatoms. The topological polar surface area (TPSA) is 6.48 Å². The number of fused-ring (bicyclic) bond motifs is 3. The fourth-order valence-corrected chi connectivity index (χ4v) is 10.2. The Morgan fingerprint density at radius 3 is 1.18 bits per heavy atom. The van der Waals surface area contributed by atoms with Gasteiger partial charge in [-0.3, -0.25) is 0 Å². The number of anilines is 6. The molecule has 67 heavy (non-hydrogen) atoms. The molecule has 0 saturated carbocycles. The van der Waals surface area contributed by atoms with E-state index in [-0.39, 0.29) is 16.2 Å². The molecule has 0 heterocycles. The smallest absolute Gasteiger partial charge is 0.0488 e. The summed E-state index contributed by atoms with van der Waals surface area (Å²) in [4.78, 5) is 4.83. The van der Waals surface area contributed by atoms with Crippen molar-refractivity contribution in [1.82, 2.24) is 0 Å². The van der Waals surface area contributed by atoms with E-state index >= 15 is 0 Å². The Kier molecular flexibility index (Phi) is 11.1. The van der Waals surface area contributed by atoms with Crippen LogP contribution in [0.3, 0.4) is 0 Å². The highest BCUT2D eigenvalue weighted by Crippen LogP contribution is 2.56. The first-order valence-electron chi connectivity index (χ1n) is 23.8. The second-order valence-corrected chi connectivity index (χ2v) is 20.7. The zero-order chi connectivity index (χ0) is 46.5. The van der Waals surface area contributed by atoms with Gasteiger partial charge in [0.1, 0.15) is 0 Å². The third-order valence-electron chi connectivity index (χ3n) is 13.7. The molecule has 0 N–H and O–H groups in total. The highest BCUT2D eigenvalue weighted by atomic mass is 15.2. The molecule has 0 bridgehead atoms. The van der Waals surface area contributed by atoms with Crippen LogP contribution in [0.4, 0.5) is 34.1 Å². The maximum Gasteiger partial charge on any atom is 0.0488 e. The van der Waals surface area contributed by atoms with E-state index in [1.807, 2.05) is 0 Å². The van der Waals surface area contributed by atoms with Gasteiger partial charge in [-0.15, -0.1) is 0 Å². The van der Waals surface area contributed by atoms with E-state index in [1.54, 1.807) is 0 Å². The Bertz CT molecular complexity index is 3030. The summed E-state index contributed by atoms with van der Waals surface area (Å²) in [6.45, 7) is 19.0. The number of hydrogen-bond donors (Lipinski definition) is 0. The maximum absolute atomic E-state index is 2.52. The number of nitrogens with zero attached hydrogens (tertiary/aromatic N) is 2. The van der Waals surface area contributed by atoms with Crippen LogP contribution >= 0.6 is 0 Å². The Morgan fingerprint density at radius 1 is 0.328 bits per heavy atom. The lowest BCUT2D eigenvalue weighted by Crippen LogP contribution is -2.24. The molecule has 1 aliphatic rings. The number of hydrogen-bond acceptors (Lipinski definition) is 2. The molecule has 9 aromatic carbocycles. The van der Waals surface area contributed by atoms with Crippen LogP contribution in [-0.4, -0.2) is 0 Å². The molecule has 0 amide bonds. The van der Waals surface area contributed by atoms with Crippen molar-refractivity contribution in [2.75, 3.05) is 9.80 Å². The molecule has 0 aromatic heterocycles. The summed E-state index contributed by atoms with van der Waals surface area (Å²) in [6.07, 6.45) is 0. The standard InChI is InChI=1S/C65H60N2/c1-63(2,3)50-42-58-61-57(30-21-31-59(61)65(7,8)62(58)60(43-50)64(4,5)6)49-40-55(66(51-26-17-11-18-27-51)53-36-32-47(33-37-53)45-22-13-9-14-23-45)44-56(41-49)67(52-28-19-12-20-29-52)54-38-34-48(35-39-54)46-24-15-10-16-25-46/h9-44H,1-8H3. The predicted octanol–water partition coefficient (Wildman–Crippen LogP) is 18.5. The summed E-state index contributed by atoms with van der Waals surface area (Å²) < 4.78 is 0. The van der Waals surface area contributed by atoms with Crippen molar-refractivity contribution in [1.29, 1.82) is 0 Å². The van der Waals surface area contributed by atoms with Crippen molar-refractivity contribution in [2.45, 2.75) is 71.6 Å². The van der Waals surface area contributed by atoms with Crippen LogP contribution in [0.2, 0.25) is 0 Å². The maximum atomic E-state index is 2.52. The van der Waals surface area contributed by atoms with Gasteiger partial charge < -0.3 is 9.80 Å². The van der Waals surface area contributed by atoms with E-state index in [9.17, 15) is 0 Å². The molecule has 0 radical (unpaired) electrons. The van der Waals surface area contributed by atoms with E-state index in [4.69, 9.17) is 0 Å². The molecule has 10 rings (SSSR count). The first-order valence-corrected chi connectivity index (χ1v) is 23.8. The molecule has 0 fully saturated rings. The van der Waals surface area contributed by atoms with Gasteiger partial charge >= 0.3 is 0 Å². The highest BCUT2D eigenvalue weighted by molar-refractivity contribution is 5.97. The number of para-hydroxylation sites is 2. The molecule has 0 spiro atoms. The summed E-state index contributed by atoms with van der Waals surface area (Å²) in [5.74, 6) is 0. The van der Waals surface area contributed by atoms with Gasteiger partial charge in [-0.05, 0) is 144 Å². The Labute approximate surface area is 398 Å². The minimum atomic E-state index is -0.201. The molecular formula is C65H60N2. The molecule has 0 saturated heterocycles. The Morgan fingerprint density at radius 2 is 0.746 bits per heavy atom. The molecule has 2 nitrogen and oxygen atoms in total. The van der Waals surface area contributed by atoms with Crippen molar-refractivity contribution in [3.63, 3.8) is 0 Å². The summed E-state index contributed by atoms with van der Waals surface area (Å²) in [6, 6.07) is 80.2. The third kappa shape index (κ3) is 8.27. The van der Waals surface area contributed by atoms with Crippen LogP contribution in [0.25, 0.3) is 44.5 Å². The van der Waals surface area contributed by atoms with Crippen LogP contribution in [0.15, 0.2) is 218 Å². The van der Waals surface area contributed by atoms with E-state index < -0.39 is 0 Å². The van der Waals surface area contributed by atoms with Crippen LogP contribution < -0.4 is 9.80 Å². The van der Waals surface area contributed by atoms with Crippen LogP contribution in [0, 0.1) is 0 Å². The lowest BCUT2D eigenvalue weighted by Gasteiger charge is -2.32. The van der Waals surface area contributed by atoms with Gasteiger partial charge in [0.05, 0.1) is 0 Å². The van der Waals surface area contributed by atoms with Crippen molar-refractivity contribution in [3.8, 4) is 44.5 Å². The second-order valence-electron chi connectivity index (χ2n) is 20.7. The highest BCUT2D eigenvalue weighted by Gasteiger charge is 2.42. The van der Waals surface area contributed by atoms with Gasteiger partial charge in [0.15, 0.2) is 0 Å². The van der Waals surface area contributed by atoms with Gasteiger partial charge in [0, 0.05) is 39.5 Å². The van der Waals surface area contributed by atoms with Crippen LogP contribution in [0.1, 0.15) is 77.6 Å². The average Bonchev–Trinajstić information content (AvgIpc) is 3.58. The minimum absolute atomic E-state index is 0.0254. The van der Waals surface area contributed by atoms with E-state index in [0.717, 1.165) is 39.7 Å². The molecular weight excluding hydrogens is 809 g/mol. The molecule has 330 valence electrons. The molecule has 0 aliphatic heterocycles. The second kappa shape index (κ2) is 17.1. The molecule has 0 atom stereocenters. The largest absolute Gasteiger partial charge is 0.310 e. The summed E-state index contributed by atoms with van der Waals surface area (Å²) in [5, 5.41) is 0.